The number of rotatable bonds is 6. The van der Waals surface area contributed by atoms with Crippen molar-refractivity contribution in [1.29, 1.82) is 5.26 Å². The van der Waals surface area contributed by atoms with Crippen LogP contribution in [-0.4, -0.2) is 65.0 Å². The number of anilines is 1. The van der Waals surface area contributed by atoms with Crippen LogP contribution in [0.2, 0.25) is 0 Å². The van der Waals surface area contributed by atoms with E-state index in [1.165, 1.54) is 13.1 Å². The monoisotopic (exact) mass is 326 g/mol. The third kappa shape index (κ3) is 3.69. The lowest BCUT2D eigenvalue weighted by Crippen LogP contribution is -2.47. The van der Waals surface area contributed by atoms with Gasteiger partial charge in [0, 0.05) is 45.5 Å². The van der Waals surface area contributed by atoms with Crippen molar-refractivity contribution >= 4 is 11.5 Å². The number of nitrogens with one attached hydrogen (secondary N) is 1. The average Bonchev–Trinajstić information content (AvgIpc) is 2.98. The van der Waals surface area contributed by atoms with E-state index >= 15 is 0 Å². The van der Waals surface area contributed by atoms with Crippen molar-refractivity contribution in [2.45, 2.75) is 13.8 Å². The fourth-order valence-electron chi connectivity index (χ4n) is 3.29. The summed E-state index contributed by atoms with van der Waals surface area (Å²) in [5, 5.41) is 12.8. The third-order valence-electron chi connectivity index (χ3n) is 4.74. The molecular formula is C18H26N6. The standard InChI is InChI=1S/C18H26N6/c1-3-22-8-10-23(11-9-22)14-15(2)13-20-18-16(12-19)24-7-5-4-6-17(24)21-18/h4-7,15,20H,3,8-11,13-14H2,1-2H3/t15-/m0/s1. The minimum Gasteiger partial charge on any atom is -0.367 e. The molecule has 0 spiro atoms. The van der Waals surface area contributed by atoms with Crippen LogP contribution >= 0.6 is 0 Å². The maximum absolute atomic E-state index is 9.42. The summed E-state index contributed by atoms with van der Waals surface area (Å²) in [7, 11) is 0. The van der Waals surface area contributed by atoms with Crippen LogP contribution in [0.3, 0.4) is 0 Å². The first-order valence-electron chi connectivity index (χ1n) is 8.77. The lowest BCUT2D eigenvalue weighted by Gasteiger charge is -2.35. The molecule has 1 aliphatic rings. The Morgan fingerprint density at radius 1 is 1.25 bits per heavy atom. The molecule has 1 fully saturated rings. The van der Waals surface area contributed by atoms with E-state index in [2.05, 4.69) is 40.0 Å². The number of piperazine rings is 1. The van der Waals surface area contributed by atoms with E-state index in [4.69, 9.17) is 0 Å². The van der Waals surface area contributed by atoms with Gasteiger partial charge >= 0.3 is 0 Å². The molecule has 0 amide bonds. The Bertz CT molecular complexity index is 708. The van der Waals surface area contributed by atoms with E-state index in [1.54, 1.807) is 0 Å². The average molecular weight is 326 g/mol. The van der Waals surface area contributed by atoms with E-state index in [-0.39, 0.29) is 0 Å². The van der Waals surface area contributed by atoms with Gasteiger partial charge in [0.15, 0.2) is 11.5 Å². The first-order valence-corrected chi connectivity index (χ1v) is 8.77. The van der Waals surface area contributed by atoms with Gasteiger partial charge in [-0.05, 0) is 24.6 Å². The van der Waals surface area contributed by atoms with Crippen molar-refractivity contribution in [1.82, 2.24) is 19.2 Å². The molecule has 6 nitrogen and oxygen atoms in total. The Hall–Kier alpha value is -2.10. The van der Waals surface area contributed by atoms with E-state index < -0.39 is 0 Å². The molecule has 2 aromatic rings. The molecule has 0 bridgehead atoms. The first-order chi connectivity index (χ1) is 11.7. The first kappa shape index (κ1) is 16.7. The molecule has 3 rings (SSSR count). The summed E-state index contributed by atoms with van der Waals surface area (Å²) in [6.07, 6.45) is 1.88. The van der Waals surface area contributed by atoms with Gasteiger partial charge in [0.2, 0.25) is 0 Å². The minimum absolute atomic E-state index is 0.509. The Labute approximate surface area is 143 Å². The van der Waals surface area contributed by atoms with Crippen molar-refractivity contribution in [2.75, 3.05) is 51.1 Å². The quantitative estimate of drug-likeness (QED) is 0.878. The zero-order valence-corrected chi connectivity index (χ0v) is 14.6. The van der Waals surface area contributed by atoms with Crippen molar-refractivity contribution in [3.63, 3.8) is 0 Å². The Morgan fingerprint density at radius 3 is 2.71 bits per heavy atom. The lowest BCUT2D eigenvalue weighted by atomic mass is 10.1. The second kappa shape index (κ2) is 7.65. The highest BCUT2D eigenvalue weighted by atomic mass is 15.3. The lowest BCUT2D eigenvalue weighted by molar-refractivity contribution is 0.126. The van der Waals surface area contributed by atoms with Crippen molar-refractivity contribution in [3.05, 3.63) is 30.1 Å². The minimum atomic E-state index is 0.509. The summed E-state index contributed by atoms with van der Waals surface area (Å²) >= 11 is 0. The van der Waals surface area contributed by atoms with Crippen LogP contribution in [0.25, 0.3) is 5.65 Å². The Balaban J connectivity index is 1.55. The molecule has 6 heteroatoms. The van der Waals surface area contributed by atoms with Gasteiger partial charge in [0.1, 0.15) is 11.7 Å². The zero-order valence-electron chi connectivity index (χ0n) is 14.6. The fourth-order valence-corrected chi connectivity index (χ4v) is 3.29. The third-order valence-corrected chi connectivity index (χ3v) is 4.74. The number of fused-ring (bicyclic) bond motifs is 1. The van der Waals surface area contributed by atoms with Crippen molar-refractivity contribution < 1.29 is 0 Å². The SMILES string of the molecule is CCN1CCN(C[C@@H](C)CNc2nc3ccccn3c2C#N)CC1. The van der Waals surface area contributed by atoms with Crippen LogP contribution in [0.1, 0.15) is 19.5 Å². The number of imidazole rings is 1. The molecule has 1 saturated heterocycles. The normalized spacial score (nSPS) is 17.7. The Kier molecular flexibility index (Phi) is 5.34. The van der Waals surface area contributed by atoms with E-state index in [0.29, 0.717) is 17.4 Å². The number of nitrogens with zero attached hydrogens (tertiary/aromatic N) is 5. The van der Waals surface area contributed by atoms with Gasteiger partial charge < -0.3 is 15.1 Å². The molecule has 0 saturated carbocycles. The fraction of sp³-hybridized carbons (Fsp3) is 0.556. The van der Waals surface area contributed by atoms with E-state index in [9.17, 15) is 5.26 Å². The summed E-state index contributed by atoms with van der Waals surface area (Å²) < 4.78 is 1.83. The van der Waals surface area contributed by atoms with Crippen LogP contribution in [0.15, 0.2) is 24.4 Å². The predicted molar refractivity (Wildman–Crippen MR) is 96.1 cm³/mol. The molecule has 0 aromatic carbocycles. The molecule has 1 N–H and O–H groups in total. The zero-order chi connectivity index (χ0) is 16.9. The number of nitriles is 1. The molecule has 0 unspecified atom stereocenters. The molecule has 1 aliphatic heterocycles. The summed E-state index contributed by atoms with van der Waals surface area (Å²) in [5.41, 5.74) is 1.38. The highest BCUT2D eigenvalue weighted by molar-refractivity contribution is 5.58. The highest BCUT2D eigenvalue weighted by Crippen LogP contribution is 2.17. The molecule has 2 aromatic heterocycles. The van der Waals surface area contributed by atoms with Crippen molar-refractivity contribution in [2.24, 2.45) is 5.92 Å². The van der Waals surface area contributed by atoms with E-state index in [0.717, 1.165) is 38.4 Å². The maximum atomic E-state index is 9.42. The van der Waals surface area contributed by atoms with Gasteiger partial charge in [0.05, 0.1) is 0 Å². The maximum Gasteiger partial charge on any atom is 0.168 e. The Morgan fingerprint density at radius 2 is 2.00 bits per heavy atom. The van der Waals surface area contributed by atoms with Crippen LogP contribution in [0.4, 0.5) is 5.82 Å². The molecule has 1 atom stereocenters. The van der Waals surface area contributed by atoms with Crippen LogP contribution < -0.4 is 5.32 Å². The van der Waals surface area contributed by atoms with Gasteiger partial charge in [-0.2, -0.15) is 5.26 Å². The second-order valence-electron chi connectivity index (χ2n) is 6.57. The number of likely N-dealkylation sites (N-methyl/N-ethyl adjacent to an activating group) is 1. The largest absolute Gasteiger partial charge is 0.367 e. The second-order valence-corrected chi connectivity index (χ2v) is 6.57. The number of pyridine rings is 1. The topological polar surface area (TPSA) is 59.6 Å². The van der Waals surface area contributed by atoms with Gasteiger partial charge in [-0.25, -0.2) is 4.98 Å². The molecule has 128 valence electrons. The summed E-state index contributed by atoms with van der Waals surface area (Å²) in [5.74, 6) is 1.20. The van der Waals surface area contributed by atoms with Gasteiger partial charge in [-0.15, -0.1) is 0 Å². The van der Waals surface area contributed by atoms with Gasteiger partial charge in [-0.1, -0.05) is 19.9 Å². The summed E-state index contributed by atoms with van der Waals surface area (Å²) in [6, 6.07) is 8.03. The molecule has 0 radical (unpaired) electrons. The molecule has 3 heterocycles. The molecular weight excluding hydrogens is 300 g/mol. The van der Waals surface area contributed by atoms with E-state index in [1.807, 2.05) is 28.8 Å². The predicted octanol–water partition coefficient (Wildman–Crippen LogP) is 1.89. The van der Waals surface area contributed by atoms with Gasteiger partial charge in [0.25, 0.3) is 0 Å². The van der Waals surface area contributed by atoms with Crippen LogP contribution in [0, 0.1) is 17.2 Å². The number of hydrogen-bond acceptors (Lipinski definition) is 5. The smallest absolute Gasteiger partial charge is 0.168 e. The number of hydrogen-bond donors (Lipinski definition) is 1. The summed E-state index contributed by atoms with van der Waals surface area (Å²) in [4.78, 5) is 9.56. The molecule has 24 heavy (non-hydrogen) atoms. The van der Waals surface area contributed by atoms with Crippen LogP contribution in [-0.2, 0) is 0 Å². The summed E-state index contributed by atoms with van der Waals surface area (Å²) in [6.45, 7) is 12.2. The van der Waals surface area contributed by atoms with Crippen LogP contribution in [0.5, 0.6) is 0 Å². The number of aromatic nitrogens is 2. The molecule has 0 aliphatic carbocycles. The highest BCUT2D eigenvalue weighted by Gasteiger charge is 2.18. The van der Waals surface area contributed by atoms with Gasteiger partial charge in [-0.3, -0.25) is 4.40 Å². The van der Waals surface area contributed by atoms with Crippen molar-refractivity contribution in [3.8, 4) is 6.07 Å².